The van der Waals surface area contributed by atoms with E-state index in [0.29, 0.717) is 0 Å². The molecule has 7 heteroatoms. The summed E-state index contributed by atoms with van der Waals surface area (Å²) in [5.74, 6) is 1.49. The molecule has 0 fully saturated rings. The molecule has 5 rings (SSSR count). The molecule has 0 aliphatic carbocycles. The van der Waals surface area contributed by atoms with Gasteiger partial charge >= 0.3 is 0 Å². The van der Waals surface area contributed by atoms with Crippen LogP contribution in [0.4, 0.5) is 10.8 Å². The Bertz CT molecular complexity index is 1260. The lowest BCUT2D eigenvalue weighted by atomic mass is 10.1. The first kappa shape index (κ1) is 17.4. The summed E-state index contributed by atoms with van der Waals surface area (Å²) >= 11 is 1.61. The van der Waals surface area contributed by atoms with Crippen LogP contribution in [0.1, 0.15) is 0 Å². The van der Waals surface area contributed by atoms with Gasteiger partial charge in [0.15, 0.2) is 17.3 Å². The van der Waals surface area contributed by atoms with Gasteiger partial charge in [-0.05, 0) is 48.0 Å². The van der Waals surface area contributed by atoms with Crippen molar-refractivity contribution in [3.63, 3.8) is 0 Å². The zero-order valence-electron chi connectivity index (χ0n) is 15.5. The third kappa shape index (κ3) is 3.55. The van der Waals surface area contributed by atoms with Gasteiger partial charge in [0, 0.05) is 23.0 Å². The topological polar surface area (TPSA) is 73.1 Å². The van der Waals surface area contributed by atoms with Crippen LogP contribution >= 0.6 is 11.3 Å². The van der Waals surface area contributed by atoms with Gasteiger partial charge in [0.25, 0.3) is 0 Å². The lowest BCUT2D eigenvalue weighted by Crippen LogP contribution is -1.88. The van der Waals surface area contributed by atoms with E-state index >= 15 is 0 Å². The van der Waals surface area contributed by atoms with Crippen molar-refractivity contribution in [2.24, 2.45) is 0 Å². The number of nitrogens with zero attached hydrogens (tertiary/aromatic N) is 3. The predicted octanol–water partition coefficient (Wildman–Crippen LogP) is 5.77. The van der Waals surface area contributed by atoms with Crippen LogP contribution < -0.4 is 10.1 Å². The number of hydrogen-bond donors (Lipinski definition) is 1. The SMILES string of the molecule is COc1cncc(-c2ccc3nc(Nc4ccc(-c5cnco5)cc4)sc3c2)c1. The van der Waals surface area contributed by atoms with Gasteiger partial charge in [0.1, 0.15) is 5.75 Å². The van der Waals surface area contributed by atoms with Crippen LogP contribution in [0.2, 0.25) is 0 Å². The van der Waals surface area contributed by atoms with Gasteiger partial charge in [-0.15, -0.1) is 0 Å². The Balaban J connectivity index is 1.40. The first-order valence-electron chi connectivity index (χ1n) is 8.94. The molecule has 29 heavy (non-hydrogen) atoms. The molecular formula is C22H16N4O2S. The Kier molecular flexibility index (Phi) is 4.42. The maximum absolute atomic E-state index is 5.33. The molecule has 5 aromatic rings. The number of fused-ring (bicyclic) bond motifs is 1. The summed E-state index contributed by atoms with van der Waals surface area (Å²) in [5.41, 5.74) is 4.99. The zero-order valence-corrected chi connectivity index (χ0v) is 16.3. The van der Waals surface area contributed by atoms with E-state index in [4.69, 9.17) is 9.15 Å². The monoisotopic (exact) mass is 400 g/mol. The lowest BCUT2D eigenvalue weighted by Gasteiger charge is -2.03. The van der Waals surface area contributed by atoms with Crippen LogP contribution in [0.25, 0.3) is 32.7 Å². The van der Waals surface area contributed by atoms with Gasteiger partial charge < -0.3 is 14.5 Å². The minimum Gasteiger partial charge on any atom is -0.495 e. The normalized spacial score (nSPS) is 10.9. The summed E-state index contributed by atoms with van der Waals surface area (Å²) in [6.45, 7) is 0. The van der Waals surface area contributed by atoms with Crippen molar-refractivity contribution in [2.45, 2.75) is 0 Å². The maximum atomic E-state index is 5.33. The molecule has 2 aromatic carbocycles. The van der Waals surface area contributed by atoms with E-state index in [1.165, 1.54) is 6.39 Å². The average Bonchev–Trinajstić information content (AvgIpc) is 3.43. The number of anilines is 2. The molecule has 142 valence electrons. The number of benzene rings is 2. The molecule has 0 spiro atoms. The summed E-state index contributed by atoms with van der Waals surface area (Å²) in [6.07, 6.45) is 6.66. The summed E-state index contributed by atoms with van der Waals surface area (Å²) in [6, 6.07) is 16.2. The summed E-state index contributed by atoms with van der Waals surface area (Å²) in [5, 5.41) is 4.21. The Morgan fingerprint density at radius 3 is 2.55 bits per heavy atom. The second-order valence-electron chi connectivity index (χ2n) is 6.38. The van der Waals surface area contributed by atoms with Gasteiger partial charge in [-0.3, -0.25) is 4.98 Å². The molecule has 3 heterocycles. The summed E-state index contributed by atoms with van der Waals surface area (Å²) < 4.78 is 11.7. The molecular weight excluding hydrogens is 384 g/mol. The number of methoxy groups -OCH3 is 1. The number of thiazole rings is 1. The fourth-order valence-electron chi connectivity index (χ4n) is 3.05. The summed E-state index contributed by atoms with van der Waals surface area (Å²) in [7, 11) is 1.64. The van der Waals surface area contributed by atoms with E-state index in [-0.39, 0.29) is 0 Å². The van der Waals surface area contributed by atoms with Crippen molar-refractivity contribution in [3.8, 4) is 28.2 Å². The highest BCUT2D eigenvalue weighted by Gasteiger charge is 2.08. The van der Waals surface area contributed by atoms with E-state index in [0.717, 1.165) is 49.2 Å². The van der Waals surface area contributed by atoms with E-state index < -0.39 is 0 Å². The molecule has 0 saturated heterocycles. The van der Waals surface area contributed by atoms with Gasteiger partial charge in [-0.1, -0.05) is 17.4 Å². The second kappa shape index (κ2) is 7.37. The second-order valence-corrected chi connectivity index (χ2v) is 7.41. The molecule has 0 amide bonds. The number of oxazole rings is 1. The van der Waals surface area contributed by atoms with Crippen LogP contribution in [-0.2, 0) is 0 Å². The van der Waals surface area contributed by atoms with Crippen LogP contribution in [0.3, 0.4) is 0 Å². The van der Waals surface area contributed by atoms with Crippen LogP contribution in [0.5, 0.6) is 5.75 Å². The number of aromatic nitrogens is 3. The van der Waals surface area contributed by atoms with Gasteiger partial charge in [-0.2, -0.15) is 0 Å². The zero-order chi connectivity index (χ0) is 19.6. The first-order chi connectivity index (χ1) is 14.3. The summed E-state index contributed by atoms with van der Waals surface area (Å²) in [4.78, 5) is 12.9. The molecule has 0 aliphatic rings. The van der Waals surface area contributed by atoms with Crippen LogP contribution in [0.15, 0.2) is 77.9 Å². The van der Waals surface area contributed by atoms with Gasteiger partial charge in [0.05, 0.1) is 29.7 Å². The quantitative estimate of drug-likeness (QED) is 0.404. The molecule has 0 radical (unpaired) electrons. The number of pyridine rings is 1. The highest BCUT2D eigenvalue weighted by molar-refractivity contribution is 7.22. The fourth-order valence-corrected chi connectivity index (χ4v) is 3.97. The van der Waals surface area contributed by atoms with Crippen molar-refractivity contribution in [1.82, 2.24) is 15.0 Å². The number of hydrogen-bond acceptors (Lipinski definition) is 7. The number of nitrogens with one attached hydrogen (secondary N) is 1. The molecule has 3 aromatic heterocycles. The van der Waals surface area contributed by atoms with Crippen molar-refractivity contribution in [2.75, 3.05) is 12.4 Å². The fraction of sp³-hybridized carbons (Fsp3) is 0.0455. The molecule has 1 N–H and O–H groups in total. The number of ether oxygens (including phenoxy) is 1. The molecule has 0 saturated carbocycles. The Morgan fingerprint density at radius 1 is 0.897 bits per heavy atom. The minimum atomic E-state index is 0.739. The van der Waals surface area contributed by atoms with Crippen molar-refractivity contribution >= 4 is 32.4 Å². The molecule has 0 unspecified atom stereocenters. The highest BCUT2D eigenvalue weighted by atomic mass is 32.1. The molecule has 0 aliphatic heterocycles. The molecule has 0 atom stereocenters. The minimum absolute atomic E-state index is 0.739. The van der Waals surface area contributed by atoms with E-state index in [2.05, 4.69) is 32.4 Å². The smallest absolute Gasteiger partial charge is 0.188 e. The third-order valence-corrected chi connectivity index (χ3v) is 5.46. The first-order valence-corrected chi connectivity index (χ1v) is 9.76. The third-order valence-electron chi connectivity index (χ3n) is 4.52. The van der Waals surface area contributed by atoms with Crippen molar-refractivity contribution < 1.29 is 9.15 Å². The standard InChI is InChI=1S/C22H16N4O2S/c1-27-18-8-16(10-23-11-18)15-4-7-19-21(9-15)29-22(26-19)25-17-5-2-14(3-6-17)20-12-24-13-28-20/h2-13H,1H3,(H,25,26). The Hall–Kier alpha value is -3.71. The largest absolute Gasteiger partial charge is 0.495 e. The number of rotatable bonds is 5. The lowest BCUT2D eigenvalue weighted by molar-refractivity contribution is 0.413. The highest BCUT2D eigenvalue weighted by Crippen LogP contribution is 2.33. The van der Waals surface area contributed by atoms with Crippen LogP contribution in [-0.4, -0.2) is 22.1 Å². The Morgan fingerprint density at radius 2 is 1.76 bits per heavy atom. The average molecular weight is 400 g/mol. The van der Waals surface area contributed by atoms with Gasteiger partial charge in [0.2, 0.25) is 0 Å². The van der Waals surface area contributed by atoms with Gasteiger partial charge in [-0.25, -0.2) is 9.97 Å². The molecule has 0 bridgehead atoms. The van der Waals surface area contributed by atoms with Crippen LogP contribution in [0, 0.1) is 0 Å². The predicted molar refractivity (Wildman–Crippen MR) is 115 cm³/mol. The Labute approximate surface area is 170 Å². The van der Waals surface area contributed by atoms with Crippen molar-refractivity contribution in [3.05, 3.63) is 73.5 Å². The van der Waals surface area contributed by atoms with E-state index in [1.807, 2.05) is 42.6 Å². The maximum Gasteiger partial charge on any atom is 0.188 e. The van der Waals surface area contributed by atoms with E-state index in [1.54, 1.807) is 30.8 Å². The van der Waals surface area contributed by atoms with E-state index in [9.17, 15) is 0 Å². The van der Waals surface area contributed by atoms with Crippen molar-refractivity contribution in [1.29, 1.82) is 0 Å². The molecule has 6 nitrogen and oxygen atoms in total.